The minimum Gasteiger partial charge on any atom is -0.216 e. The van der Waals surface area contributed by atoms with Crippen LogP contribution < -0.4 is 0 Å². The zero-order chi connectivity index (χ0) is 13.6. The Morgan fingerprint density at radius 3 is 2.74 bits per heavy atom. The van der Waals surface area contributed by atoms with Gasteiger partial charge in [-0.3, -0.25) is 0 Å². The maximum Gasteiger partial charge on any atom is 0.158 e. The molecule has 0 radical (unpaired) electrons. The summed E-state index contributed by atoms with van der Waals surface area (Å²) in [5.41, 5.74) is 2.38. The lowest BCUT2D eigenvalue weighted by atomic mass is 10.1. The van der Waals surface area contributed by atoms with Crippen LogP contribution in [0.1, 0.15) is 5.69 Å². The van der Waals surface area contributed by atoms with E-state index in [0.29, 0.717) is 21.9 Å². The van der Waals surface area contributed by atoms with Gasteiger partial charge in [-0.1, -0.05) is 35.3 Å². The van der Waals surface area contributed by atoms with Gasteiger partial charge in [-0.05, 0) is 24.6 Å². The molecule has 0 aliphatic carbocycles. The first-order valence-electron chi connectivity index (χ1n) is 5.53. The Morgan fingerprint density at radius 2 is 2.00 bits per heavy atom. The van der Waals surface area contributed by atoms with Gasteiger partial charge in [0.25, 0.3) is 0 Å². The van der Waals surface area contributed by atoms with Crippen molar-refractivity contribution in [3.63, 3.8) is 0 Å². The molecule has 0 N–H and O–H groups in total. The SMILES string of the molecule is Cc1cc2nc(Cl)c(-c3cccc(F)c3)c(Cl)n2n1. The van der Waals surface area contributed by atoms with Crippen molar-refractivity contribution in [2.45, 2.75) is 6.92 Å². The average molecular weight is 296 g/mol. The Kier molecular flexibility index (Phi) is 2.92. The van der Waals surface area contributed by atoms with Gasteiger partial charge >= 0.3 is 0 Å². The summed E-state index contributed by atoms with van der Waals surface area (Å²) in [5.74, 6) is -0.360. The van der Waals surface area contributed by atoms with E-state index in [-0.39, 0.29) is 11.0 Å². The highest BCUT2D eigenvalue weighted by Crippen LogP contribution is 2.34. The summed E-state index contributed by atoms with van der Waals surface area (Å²) in [6.07, 6.45) is 0. The van der Waals surface area contributed by atoms with Crippen molar-refractivity contribution in [2.75, 3.05) is 0 Å². The molecule has 0 atom stereocenters. The van der Waals surface area contributed by atoms with Gasteiger partial charge in [-0.25, -0.2) is 13.9 Å². The summed E-state index contributed by atoms with van der Waals surface area (Å²) in [7, 11) is 0. The fourth-order valence-electron chi connectivity index (χ4n) is 1.94. The summed E-state index contributed by atoms with van der Waals surface area (Å²) in [5, 5.41) is 4.77. The lowest BCUT2D eigenvalue weighted by Gasteiger charge is -2.08. The van der Waals surface area contributed by atoms with Crippen LogP contribution in [0.4, 0.5) is 4.39 Å². The topological polar surface area (TPSA) is 30.2 Å². The molecular formula is C13H8Cl2FN3. The highest BCUT2D eigenvalue weighted by Gasteiger charge is 2.16. The molecule has 0 bridgehead atoms. The molecular weight excluding hydrogens is 288 g/mol. The van der Waals surface area contributed by atoms with Crippen LogP contribution in [-0.2, 0) is 0 Å². The van der Waals surface area contributed by atoms with Crippen LogP contribution in [0.25, 0.3) is 16.8 Å². The van der Waals surface area contributed by atoms with Crippen molar-refractivity contribution in [1.29, 1.82) is 0 Å². The van der Waals surface area contributed by atoms with E-state index in [1.165, 1.54) is 16.6 Å². The molecule has 0 saturated carbocycles. The second kappa shape index (κ2) is 4.47. The van der Waals surface area contributed by atoms with Crippen molar-refractivity contribution in [3.05, 3.63) is 52.1 Å². The van der Waals surface area contributed by atoms with Crippen LogP contribution in [0.2, 0.25) is 10.3 Å². The van der Waals surface area contributed by atoms with Crippen molar-refractivity contribution >= 4 is 28.8 Å². The van der Waals surface area contributed by atoms with Gasteiger partial charge in [0.05, 0.1) is 11.3 Å². The molecule has 2 aromatic heterocycles. The molecule has 1 aromatic carbocycles. The molecule has 0 fully saturated rings. The quantitative estimate of drug-likeness (QED) is 0.631. The third-order valence-corrected chi connectivity index (χ3v) is 3.36. The third kappa shape index (κ3) is 2.07. The molecule has 96 valence electrons. The zero-order valence-electron chi connectivity index (χ0n) is 9.86. The van der Waals surface area contributed by atoms with Crippen LogP contribution in [0.15, 0.2) is 30.3 Å². The third-order valence-electron chi connectivity index (χ3n) is 2.74. The normalized spacial score (nSPS) is 11.2. The van der Waals surface area contributed by atoms with Crippen LogP contribution in [0, 0.1) is 12.7 Å². The molecule has 0 saturated heterocycles. The van der Waals surface area contributed by atoms with Gasteiger partial charge in [0.1, 0.15) is 16.1 Å². The Labute approximate surface area is 118 Å². The van der Waals surface area contributed by atoms with Gasteiger partial charge in [-0.2, -0.15) is 5.10 Å². The van der Waals surface area contributed by atoms with Crippen molar-refractivity contribution in [3.8, 4) is 11.1 Å². The van der Waals surface area contributed by atoms with Gasteiger partial charge in [-0.15, -0.1) is 0 Å². The first kappa shape index (κ1) is 12.4. The van der Waals surface area contributed by atoms with E-state index >= 15 is 0 Å². The monoisotopic (exact) mass is 295 g/mol. The van der Waals surface area contributed by atoms with Crippen LogP contribution >= 0.6 is 23.2 Å². The number of nitrogens with zero attached hydrogens (tertiary/aromatic N) is 3. The Morgan fingerprint density at radius 1 is 1.21 bits per heavy atom. The van der Waals surface area contributed by atoms with Crippen LogP contribution in [-0.4, -0.2) is 14.6 Å². The fraction of sp³-hybridized carbons (Fsp3) is 0.0769. The van der Waals surface area contributed by atoms with Gasteiger partial charge in [0.15, 0.2) is 5.65 Å². The predicted octanol–water partition coefficient (Wildman–Crippen LogP) is 4.15. The number of hydrogen-bond acceptors (Lipinski definition) is 2. The smallest absolute Gasteiger partial charge is 0.158 e. The lowest BCUT2D eigenvalue weighted by Crippen LogP contribution is -1.97. The first-order chi connectivity index (χ1) is 9.06. The van der Waals surface area contributed by atoms with E-state index in [2.05, 4.69) is 10.1 Å². The summed E-state index contributed by atoms with van der Waals surface area (Å²) in [6.45, 7) is 1.83. The Balaban J connectivity index is 2.34. The molecule has 0 unspecified atom stereocenters. The first-order valence-corrected chi connectivity index (χ1v) is 6.29. The Hall–Kier alpha value is -1.65. The summed E-state index contributed by atoms with van der Waals surface area (Å²) in [6, 6.07) is 7.80. The fourth-order valence-corrected chi connectivity index (χ4v) is 2.60. The molecule has 6 heteroatoms. The standard InChI is InChI=1S/C13H8Cl2FN3/c1-7-5-10-17-12(14)11(13(15)19(10)18-7)8-3-2-4-9(16)6-8/h2-6H,1H3. The number of aryl methyl sites for hydroxylation is 1. The van der Waals surface area contributed by atoms with E-state index < -0.39 is 0 Å². The predicted molar refractivity (Wildman–Crippen MR) is 73.1 cm³/mol. The molecule has 0 amide bonds. The molecule has 0 spiro atoms. The number of hydrogen-bond donors (Lipinski definition) is 0. The molecule has 19 heavy (non-hydrogen) atoms. The molecule has 3 rings (SSSR count). The largest absolute Gasteiger partial charge is 0.216 e. The summed E-state index contributed by atoms with van der Waals surface area (Å²) in [4.78, 5) is 4.22. The van der Waals surface area contributed by atoms with Gasteiger partial charge < -0.3 is 0 Å². The molecule has 0 aliphatic heterocycles. The van der Waals surface area contributed by atoms with E-state index in [0.717, 1.165) is 5.69 Å². The zero-order valence-corrected chi connectivity index (χ0v) is 11.4. The van der Waals surface area contributed by atoms with E-state index in [4.69, 9.17) is 23.2 Å². The number of benzene rings is 1. The number of rotatable bonds is 1. The van der Waals surface area contributed by atoms with Crippen molar-refractivity contribution < 1.29 is 4.39 Å². The van der Waals surface area contributed by atoms with Crippen molar-refractivity contribution in [1.82, 2.24) is 14.6 Å². The minimum atomic E-state index is -0.360. The molecule has 2 heterocycles. The number of halogens is 3. The number of fused-ring (bicyclic) bond motifs is 1. The minimum absolute atomic E-state index is 0.225. The maximum atomic E-state index is 13.3. The molecule has 0 aliphatic rings. The average Bonchev–Trinajstić information content (AvgIpc) is 2.70. The second-order valence-corrected chi connectivity index (χ2v) is 4.85. The maximum absolute atomic E-state index is 13.3. The van der Waals surface area contributed by atoms with E-state index in [1.54, 1.807) is 18.2 Å². The van der Waals surface area contributed by atoms with Crippen LogP contribution in [0.3, 0.4) is 0 Å². The van der Waals surface area contributed by atoms with Crippen molar-refractivity contribution in [2.24, 2.45) is 0 Å². The van der Waals surface area contributed by atoms with E-state index in [1.807, 2.05) is 6.92 Å². The van der Waals surface area contributed by atoms with Crippen LogP contribution in [0.5, 0.6) is 0 Å². The van der Waals surface area contributed by atoms with E-state index in [9.17, 15) is 4.39 Å². The number of aromatic nitrogens is 3. The summed E-state index contributed by atoms with van der Waals surface area (Å²) >= 11 is 12.4. The highest BCUT2D eigenvalue weighted by molar-refractivity contribution is 6.38. The lowest BCUT2D eigenvalue weighted by molar-refractivity contribution is 0.628. The Bertz CT molecular complexity index is 783. The van der Waals surface area contributed by atoms with Gasteiger partial charge in [0, 0.05) is 6.07 Å². The van der Waals surface area contributed by atoms with Gasteiger partial charge in [0.2, 0.25) is 0 Å². The summed E-state index contributed by atoms with van der Waals surface area (Å²) < 4.78 is 14.8. The second-order valence-electron chi connectivity index (χ2n) is 4.13. The molecule has 3 aromatic rings. The highest BCUT2D eigenvalue weighted by atomic mass is 35.5. The molecule has 3 nitrogen and oxygen atoms in total.